The van der Waals surface area contributed by atoms with Gasteiger partial charge in [0.2, 0.25) is 11.8 Å². The Morgan fingerprint density at radius 1 is 0.840 bits per heavy atom. The van der Waals surface area contributed by atoms with Crippen LogP contribution >= 0.6 is 11.6 Å². The molecule has 8 heteroatoms. The number of phenols is 1. The number of benzene rings is 4. The van der Waals surface area contributed by atoms with Gasteiger partial charge in [0.25, 0.3) is 0 Å². The van der Waals surface area contributed by atoms with Gasteiger partial charge in [0.05, 0.1) is 37.5 Å². The summed E-state index contributed by atoms with van der Waals surface area (Å²) in [5.41, 5.74) is 4.60. The van der Waals surface area contributed by atoms with Crippen LogP contribution in [0.2, 0.25) is 5.02 Å². The molecule has 0 saturated carbocycles. The first-order valence-corrected chi connectivity index (χ1v) is 18.5. The minimum atomic E-state index is -0.611. The lowest BCUT2D eigenvalue weighted by atomic mass is 9.62. The molecule has 2 amide bonds. The first kappa shape index (κ1) is 32.9. The molecule has 4 aromatic rings. The van der Waals surface area contributed by atoms with Crippen molar-refractivity contribution in [2.75, 3.05) is 37.6 Å². The third kappa shape index (κ3) is 6.38. The zero-order chi connectivity index (χ0) is 34.3. The maximum absolute atomic E-state index is 14.1. The molecule has 1 N–H and O–H groups in total. The molecular formula is C42H45ClN3O4+. The second kappa shape index (κ2) is 13.4. The average Bonchev–Trinajstić information content (AvgIpc) is 3.15. The number of piperidine rings is 4. The quantitative estimate of drug-likeness (QED) is 0.144. The molecule has 0 radical (unpaired) electrons. The van der Waals surface area contributed by atoms with Crippen LogP contribution in [-0.2, 0) is 29.2 Å². The van der Waals surface area contributed by atoms with Crippen molar-refractivity contribution in [3.05, 3.63) is 124 Å². The van der Waals surface area contributed by atoms with Gasteiger partial charge >= 0.3 is 0 Å². The van der Waals surface area contributed by atoms with Crippen molar-refractivity contribution >= 4 is 29.1 Å². The summed E-state index contributed by atoms with van der Waals surface area (Å²) in [6.45, 7) is 6.64. The van der Waals surface area contributed by atoms with Crippen molar-refractivity contribution in [1.29, 1.82) is 0 Å². The second-order valence-corrected chi connectivity index (χ2v) is 15.5. The van der Waals surface area contributed by atoms with E-state index in [9.17, 15) is 14.7 Å². The molecule has 5 aliphatic heterocycles. The fourth-order valence-electron chi connectivity index (χ4n) is 8.99. The lowest BCUT2D eigenvalue weighted by Gasteiger charge is -2.59. The van der Waals surface area contributed by atoms with Crippen LogP contribution in [0.1, 0.15) is 60.4 Å². The Kier molecular flexibility index (Phi) is 8.82. The van der Waals surface area contributed by atoms with Crippen molar-refractivity contribution in [3.8, 4) is 11.5 Å². The van der Waals surface area contributed by atoms with Gasteiger partial charge in [-0.25, -0.2) is 0 Å². The van der Waals surface area contributed by atoms with Gasteiger partial charge in [-0.2, -0.15) is 0 Å². The number of hydrogen-bond donors (Lipinski definition) is 1. The van der Waals surface area contributed by atoms with Gasteiger partial charge < -0.3 is 24.1 Å². The summed E-state index contributed by atoms with van der Waals surface area (Å²) >= 11 is 6.14. The molecule has 2 bridgehead atoms. The van der Waals surface area contributed by atoms with E-state index in [4.69, 9.17) is 16.3 Å². The van der Waals surface area contributed by atoms with E-state index >= 15 is 0 Å². The highest BCUT2D eigenvalue weighted by molar-refractivity contribution is 6.30. The molecule has 7 nitrogen and oxygen atoms in total. The molecule has 0 aliphatic carbocycles. The number of quaternary nitrogens is 1. The monoisotopic (exact) mass is 690 g/mol. The number of nitrogens with zero attached hydrogens (tertiary/aromatic N) is 3. The number of anilines is 1. The fraction of sp³-hybridized carbons (Fsp3) is 0.381. The number of rotatable bonds is 9. The Balaban J connectivity index is 0.918. The maximum atomic E-state index is 14.1. The molecule has 1 unspecified atom stereocenters. The highest BCUT2D eigenvalue weighted by atomic mass is 35.5. The smallest absolute Gasteiger partial charge is 0.236 e. The number of hydrogen-bond acceptors (Lipinski definition) is 4. The Morgan fingerprint density at radius 2 is 1.50 bits per heavy atom. The van der Waals surface area contributed by atoms with Gasteiger partial charge in [0, 0.05) is 29.4 Å². The minimum absolute atomic E-state index is 0.0450. The lowest BCUT2D eigenvalue weighted by molar-refractivity contribution is -0.955. The second-order valence-electron chi connectivity index (χ2n) is 15.0. The molecule has 5 saturated heterocycles. The molecule has 5 heterocycles. The first-order valence-electron chi connectivity index (χ1n) is 18.1. The summed E-state index contributed by atoms with van der Waals surface area (Å²) in [6, 6.07) is 31.0. The number of ether oxygens (including phenoxy) is 1. The Morgan fingerprint density at radius 3 is 2.16 bits per heavy atom. The number of halogens is 1. The molecule has 5 fully saturated rings. The highest BCUT2D eigenvalue weighted by Gasteiger charge is 2.62. The molecular weight excluding hydrogens is 646 g/mol. The molecule has 4 aromatic carbocycles. The zero-order valence-corrected chi connectivity index (χ0v) is 29.2. The predicted octanol–water partition coefficient (Wildman–Crippen LogP) is 7.69. The van der Waals surface area contributed by atoms with E-state index in [0.29, 0.717) is 37.6 Å². The number of carbonyl (C=O) groups excluding carboxylic acids is 2. The Labute approximate surface area is 299 Å². The van der Waals surface area contributed by atoms with E-state index in [2.05, 4.69) is 24.3 Å². The molecule has 1 spiro atoms. The number of aromatic hydroxyl groups is 1. The van der Waals surface area contributed by atoms with Crippen LogP contribution in [0.4, 0.5) is 5.69 Å². The van der Waals surface area contributed by atoms with Crippen LogP contribution < -0.4 is 9.64 Å². The molecule has 5 aliphatic rings. The summed E-state index contributed by atoms with van der Waals surface area (Å²) in [4.78, 5) is 31.0. The Bertz CT molecular complexity index is 1830. The highest BCUT2D eigenvalue weighted by Crippen LogP contribution is 2.57. The first-order chi connectivity index (χ1) is 24.3. The summed E-state index contributed by atoms with van der Waals surface area (Å²) in [6.07, 6.45) is 5.62. The van der Waals surface area contributed by atoms with E-state index in [1.54, 1.807) is 18.2 Å². The SMILES string of the molecule is O=C(Cc1cccc(Cl)c1)N1CCC2(CC1)C(=O)N(c1ccc(OCc3ccc(C[N+]45CCC(CC4)CC5)cc3)cc1)C2c1ccc(O)cc1. The average molecular weight is 691 g/mol. The van der Waals surface area contributed by atoms with Crippen LogP contribution in [0.15, 0.2) is 97.1 Å². The van der Waals surface area contributed by atoms with Crippen LogP contribution in [-0.4, -0.2) is 59.0 Å². The summed E-state index contributed by atoms with van der Waals surface area (Å²) in [5, 5.41) is 10.6. The Hall–Kier alpha value is -4.33. The largest absolute Gasteiger partial charge is 0.508 e. The van der Waals surface area contributed by atoms with Gasteiger partial charge in [-0.05, 0) is 103 Å². The molecule has 50 heavy (non-hydrogen) atoms. The van der Waals surface area contributed by atoms with Crippen molar-refractivity contribution in [3.63, 3.8) is 0 Å². The van der Waals surface area contributed by atoms with Crippen LogP contribution in [0, 0.1) is 11.3 Å². The third-order valence-corrected chi connectivity index (χ3v) is 12.2. The lowest BCUT2D eigenvalue weighted by Crippen LogP contribution is -2.67. The number of likely N-dealkylation sites (tertiary alicyclic amines) is 1. The normalized spacial score (nSPS) is 23.9. The van der Waals surface area contributed by atoms with Gasteiger partial charge in [-0.3, -0.25) is 9.59 Å². The number of amides is 2. The summed E-state index contributed by atoms with van der Waals surface area (Å²) < 4.78 is 7.44. The number of phenolic OH excluding ortho intramolecular Hbond substituents is 1. The topological polar surface area (TPSA) is 70.1 Å². The number of carbonyl (C=O) groups is 2. The van der Waals surface area contributed by atoms with E-state index in [1.807, 2.05) is 64.4 Å². The number of β-lactam (4-membered cyclic amide) rings is 1. The van der Waals surface area contributed by atoms with E-state index in [-0.39, 0.29) is 30.0 Å². The van der Waals surface area contributed by atoms with Crippen LogP contribution in [0.5, 0.6) is 11.5 Å². The van der Waals surface area contributed by atoms with Crippen molar-refractivity contribution in [2.45, 2.75) is 57.7 Å². The third-order valence-electron chi connectivity index (χ3n) is 12.0. The standard InChI is InChI=1S/C42H44ClN3O4/c43-35-3-1-2-33(26-35)27-39(48)44-21-19-42(20-22-44)40(34-8-12-37(47)13-9-34)45(41(42)49)36-10-14-38(15-11-36)50-29-32-6-4-31(5-7-32)28-46-23-16-30(17-24-46)18-25-46/h1-15,26,30,40H,16-25,27-29H2/p+1. The van der Waals surface area contributed by atoms with Crippen LogP contribution in [0.3, 0.4) is 0 Å². The summed E-state index contributed by atoms with van der Waals surface area (Å²) in [7, 11) is 0. The van der Waals surface area contributed by atoms with Gasteiger partial charge in [-0.1, -0.05) is 60.1 Å². The van der Waals surface area contributed by atoms with Crippen molar-refractivity contribution in [2.24, 2.45) is 11.3 Å². The molecule has 1 atom stereocenters. The maximum Gasteiger partial charge on any atom is 0.236 e. The fourth-order valence-corrected chi connectivity index (χ4v) is 9.21. The summed E-state index contributed by atoms with van der Waals surface area (Å²) in [5.74, 6) is 2.03. The number of fused-ring (bicyclic) bond motifs is 3. The van der Waals surface area contributed by atoms with Gasteiger partial charge in [0.15, 0.2) is 0 Å². The van der Waals surface area contributed by atoms with Crippen LogP contribution in [0.25, 0.3) is 0 Å². The van der Waals surface area contributed by atoms with Crippen molar-refractivity contribution in [1.82, 2.24) is 4.90 Å². The van der Waals surface area contributed by atoms with E-state index in [1.165, 1.54) is 48.9 Å². The molecule has 9 rings (SSSR count). The molecule has 258 valence electrons. The van der Waals surface area contributed by atoms with E-state index < -0.39 is 5.41 Å². The van der Waals surface area contributed by atoms with Gasteiger partial charge in [0.1, 0.15) is 24.7 Å². The minimum Gasteiger partial charge on any atom is -0.508 e. The van der Waals surface area contributed by atoms with E-state index in [0.717, 1.165) is 40.6 Å². The predicted molar refractivity (Wildman–Crippen MR) is 195 cm³/mol. The van der Waals surface area contributed by atoms with Crippen molar-refractivity contribution < 1.29 is 23.9 Å². The molecule has 0 aromatic heterocycles. The zero-order valence-electron chi connectivity index (χ0n) is 28.5. The van der Waals surface area contributed by atoms with Gasteiger partial charge in [-0.15, -0.1) is 0 Å².